The highest BCUT2D eigenvalue weighted by molar-refractivity contribution is 5.99. The first-order valence-corrected chi connectivity index (χ1v) is 9.19. The fourth-order valence-electron chi connectivity index (χ4n) is 2.68. The summed E-state index contributed by atoms with van der Waals surface area (Å²) < 4.78 is 18.4. The van der Waals surface area contributed by atoms with E-state index < -0.39 is 5.97 Å². The highest BCUT2D eigenvalue weighted by Crippen LogP contribution is 2.15. The van der Waals surface area contributed by atoms with Gasteiger partial charge in [-0.3, -0.25) is 4.79 Å². The Morgan fingerprint density at radius 3 is 2.17 bits per heavy atom. The second-order valence-electron chi connectivity index (χ2n) is 6.15. The van der Waals surface area contributed by atoms with E-state index in [9.17, 15) is 14.1 Å². The van der Waals surface area contributed by atoms with E-state index >= 15 is 0 Å². The summed E-state index contributed by atoms with van der Waals surface area (Å²) >= 11 is 0. The van der Waals surface area contributed by atoms with Crippen LogP contribution in [0.4, 0.5) is 4.48 Å². The Kier molecular flexibility index (Phi) is 10.0. The molecular formula is C19H30FNO3. The molecule has 1 aromatic rings. The zero-order valence-electron chi connectivity index (χ0n) is 15.0. The van der Waals surface area contributed by atoms with E-state index in [1.807, 2.05) is 0 Å². The van der Waals surface area contributed by atoms with Gasteiger partial charge in [-0.25, -0.2) is 4.79 Å². The van der Waals surface area contributed by atoms with Gasteiger partial charge in [0.15, 0.2) is 11.5 Å². The number of hydrogen-bond acceptors (Lipinski definition) is 3. The second kappa shape index (κ2) is 11.8. The zero-order valence-corrected chi connectivity index (χ0v) is 15.0. The van der Waals surface area contributed by atoms with Crippen molar-refractivity contribution in [2.75, 3.05) is 6.61 Å². The zero-order chi connectivity index (χ0) is 17.8. The number of Topliss-reactive ketones (excluding diaryl/α,β-unsaturated/α-hetero) is 1. The monoisotopic (exact) mass is 339 g/mol. The molecule has 0 fully saturated rings. The van der Waals surface area contributed by atoms with Crippen LogP contribution in [-0.2, 0) is 4.74 Å². The fraction of sp³-hybridized carbons (Fsp3) is 0.684. The summed E-state index contributed by atoms with van der Waals surface area (Å²) in [5, 5.41) is 0. The van der Waals surface area contributed by atoms with Crippen LogP contribution in [-0.4, -0.2) is 23.1 Å². The van der Waals surface area contributed by atoms with E-state index in [4.69, 9.17) is 4.74 Å². The minimum Gasteiger partial charge on any atom is -0.461 e. The number of unbranched alkanes of at least 4 members (excludes halogenated alkanes) is 8. The summed E-state index contributed by atoms with van der Waals surface area (Å²) in [4.78, 5) is 23.8. The maximum atomic E-state index is 13.6. The van der Waals surface area contributed by atoms with Gasteiger partial charge < -0.3 is 4.74 Å². The molecule has 0 aliphatic heterocycles. The summed E-state index contributed by atoms with van der Waals surface area (Å²) in [7, 11) is 0. The number of aromatic nitrogens is 1. The SMILES string of the molecule is CCCCCCCCCCCC(=O)c1cc(C(=O)OCC)n(F)c1. The van der Waals surface area contributed by atoms with Gasteiger partial charge in [-0.2, -0.15) is 4.79 Å². The smallest absolute Gasteiger partial charge is 0.357 e. The summed E-state index contributed by atoms with van der Waals surface area (Å²) in [6.07, 6.45) is 12.1. The molecule has 1 heterocycles. The van der Waals surface area contributed by atoms with Crippen LogP contribution >= 0.6 is 0 Å². The molecule has 24 heavy (non-hydrogen) atoms. The van der Waals surface area contributed by atoms with Crippen molar-refractivity contribution in [3.8, 4) is 0 Å². The topological polar surface area (TPSA) is 48.3 Å². The molecule has 0 amide bonds. The Balaban J connectivity index is 2.24. The Labute approximate surface area is 144 Å². The Bertz CT molecular complexity index is 511. The highest BCUT2D eigenvalue weighted by Gasteiger charge is 2.18. The number of ether oxygens (including phenoxy) is 1. The minimum absolute atomic E-state index is 0.125. The van der Waals surface area contributed by atoms with Crippen LogP contribution in [0.1, 0.15) is 98.9 Å². The number of carbonyl (C=O) groups is 2. The standard InChI is InChI=1S/C19H30FNO3/c1-3-5-6-7-8-9-10-11-12-13-18(22)16-14-17(21(20)15-16)19(23)24-4-2/h14-15H,3-13H2,1-2H3. The third-order valence-electron chi connectivity index (χ3n) is 4.09. The van der Waals surface area contributed by atoms with E-state index in [0.717, 1.165) is 25.5 Å². The molecule has 1 rings (SSSR count). The fourth-order valence-corrected chi connectivity index (χ4v) is 2.68. The molecular weight excluding hydrogens is 309 g/mol. The molecule has 0 atom stereocenters. The lowest BCUT2D eigenvalue weighted by Crippen LogP contribution is -2.07. The molecule has 0 aliphatic carbocycles. The average molecular weight is 339 g/mol. The van der Waals surface area contributed by atoms with Crippen molar-refractivity contribution >= 4 is 11.8 Å². The molecule has 0 N–H and O–H groups in total. The first kappa shape index (κ1) is 20.4. The third-order valence-corrected chi connectivity index (χ3v) is 4.09. The molecule has 0 aromatic carbocycles. The largest absolute Gasteiger partial charge is 0.461 e. The Hall–Kier alpha value is -1.65. The molecule has 0 aliphatic rings. The summed E-state index contributed by atoms with van der Waals surface area (Å²) in [6, 6.07) is 1.27. The van der Waals surface area contributed by atoms with Gasteiger partial charge in [-0.1, -0.05) is 62.8 Å². The lowest BCUT2D eigenvalue weighted by atomic mass is 10.0. The van der Waals surface area contributed by atoms with Gasteiger partial charge in [0.25, 0.3) is 0 Å². The molecule has 136 valence electrons. The first-order valence-electron chi connectivity index (χ1n) is 9.19. The van der Waals surface area contributed by atoms with Crippen LogP contribution in [0, 0.1) is 0 Å². The lowest BCUT2D eigenvalue weighted by molar-refractivity contribution is 0.0501. The summed E-state index contributed by atoms with van der Waals surface area (Å²) in [5.74, 6) is -0.873. The van der Waals surface area contributed by atoms with Gasteiger partial charge in [0.2, 0.25) is 0 Å². The van der Waals surface area contributed by atoms with Crippen molar-refractivity contribution in [1.82, 2.24) is 4.79 Å². The maximum Gasteiger partial charge on any atom is 0.357 e. The van der Waals surface area contributed by atoms with E-state index in [-0.39, 0.29) is 28.4 Å². The number of halogens is 1. The van der Waals surface area contributed by atoms with Crippen molar-refractivity contribution in [3.63, 3.8) is 0 Å². The van der Waals surface area contributed by atoms with E-state index in [0.29, 0.717) is 6.42 Å². The first-order chi connectivity index (χ1) is 11.6. The van der Waals surface area contributed by atoms with E-state index in [2.05, 4.69) is 6.92 Å². The quantitative estimate of drug-likeness (QED) is 0.271. The van der Waals surface area contributed by atoms with Gasteiger partial charge in [0.05, 0.1) is 6.61 Å². The molecule has 0 saturated carbocycles. The van der Waals surface area contributed by atoms with E-state index in [1.54, 1.807) is 6.92 Å². The summed E-state index contributed by atoms with van der Waals surface area (Å²) in [5.41, 5.74) is 0.00685. The molecule has 5 heteroatoms. The van der Waals surface area contributed by atoms with Crippen LogP contribution in [0.2, 0.25) is 0 Å². The molecule has 0 unspecified atom stereocenters. The third kappa shape index (κ3) is 7.28. The molecule has 0 radical (unpaired) electrons. The van der Waals surface area contributed by atoms with Gasteiger partial charge >= 0.3 is 5.97 Å². The van der Waals surface area contributed by atoms with Gasteiger partial charge in [0.1, 0.15) is 0 Å². The van der Waals surface area contributed by atoms with Crippen molar-refractivity contribution in [2.24, 2.45) is 0 Å². The average Bonchev–Trinajstić information content (AvgIpc) is 2.95. The van der Waals surface area contributed by atoms with Crippen molar-refractivity contribution in [2.45, 2.75) is 78.1 Å². The van der Waals surface area contributed by atoms with Crippen molar-refractivity contribution in [3.05, 3.63) is 23.5 Å². The van der Waals surface area contributed by atoms with Gasteiger partial charge in [0, 0.05) is 18.2 Å². The van der Waals surface area contributed by atoms with Crippen LogP contribution in [0.25, 0.3) is 0 Å². The van der Waals surface area contributed by atoms with Gasteiger partial charge in [-0.05, 0) is 19.4 Å². The molecule has 0 spiro atoms. The van der Waals surface area contributed by atoms with Crippen LogP contribution < -0.4 is 0 Å². The second-order valence-corrected chi connectivity index (χ2v) is 6.15. The predicted octanol–water partition coefficient (Wildman–Crippen LogP) is 5.50. The lowest BCUT2D eigenvalue weighted by Gasteiger charge is -2.01. The van der Waals surface area contributed by atoms with Gasteiger partial charge in [-0.15, -0.1) is 0 Å². The number of carbonyl (C=O) groups excluding carboxylic acids is 2. The number of ketones is 1. The number of hydrogen-bond donors (Lipinski definition) is 0. The number of rotatable bonds is 13. The normalized spacial score (nSPS) is 10.8. The minimum atomic E-state index is -0.748. The number of esters is 1. The summed E-state index contributed by atoms with van der Waals surface area (Å²) in [6.45, 7) is 4.04. The molecule has 0 bridgehead atoms. The molecule has 1 aromatic heterocycles. The molecule has 0 saturated heterocycles. The highest BCUT2D eigenvalue weighted by atomic mass is 19.2. The Morgan fingerprint density at radius 1 is 1.00 bits per heavy atom. The number of nitrogens with zero attached hydrogens (tertiary/aromatic N) is 1. The van der Waals surface area contributed by atoms with Crippen LogP contribution in [0.15, 0.2) is 12.3 Å². The maximum absolute atomic E-state index is 13.6. The van der Waals surface area contributed by atoms with E-state index in [1.165, 1.54) is 44.6 Å². The van der Waals surface area contributed by atoms with Crippen LogP contribution in [0.3, 0.4) is 0 Å². The van der Waals surface area contributed by atoms with Crippen molar-refractivity contribution < 1.29 is 18.8 Å². The van der Waals surface area contributed by atoms with Crippen molar-refractivity contribution in [1.29, 1.82) is 0 Å². The molecule has 4 nitrogen and oxygen atoms in total. The van der Waals surface area contributed by atoms with Crippen LogP contribution in [0.5, 0.6) is 0 Å². The Morgan fingerprint density at radius 2 is 1.58 bits per heavy atom. The predicted molar refractivity (Wildman–Crippen MR) is 93.1 cm³/mol.